The lowest BCUT2D eigenvalue weighted by molar-refractivity contribution is -0.146. The fourth-order valence-electron chi connectivity index (χ4n) is 2.65. The van der Waals surface area contributed by atoms with Gasteiger partial charge in [-0.2, -0.15) is 0 Å². The quantitative estimate of drug-likeness (QED) is 0.791. The molecule has 2 aliphatic rings. The molecule has 0 radical (unpaired) electrons. The summed E-state index contributed by atoms with van der Waals surface area (Å²) >= 11 is 0. The number of hydrogen-bond donors (Lipinski definition) is 0. The van der Waals surface area contributed by atoms with Crippen LogP contribution in [0.2, 0.25) is 0 Å². The first kappa shape index (κ1) is 12.7. The Labute approximate surface area is 118 Å². The van der Waals surface area contributed by atoms with Crippen molar-refractivity contribution in [1.82, 2.24) is 0 Å². The molecule has 1 heterocycles. The molecule has 0 N–H and O–H groups in total. The number of allylic oxidation sites excluding steroid dienone is 2. The van der Waals surface area contributed by atoms with E-state index >= 15 is 0 Å². The molecule has 0 fully saturated rings. The van der Waals surface area contributed by atoms with Gasteiger partial charge in [-0.15, -0.1) is 0 Å². The Morgan fingerprint density at radius 2 is 1.90 bits per heavy atom. The number of carbonyl (C=O) groups is 1. The zero-order valence-electron chi connectivity index (χ0n) is 11.3. The molecule has 1 aromatic rings. The van der Waals surface area contributed by atoms with Crippen molar-refractivity contribution >= 4 is 5.97 Å². The maximum atomic E-state index is 12.2. The van der Waals surface area contributed by atoms with Gasteiger partial charge in [-0.1, -0.05) is 48.6 Å². The molecule has 3 heteroatoms. The fourth-order valence-corrected chi connectivity index (χ4v) is 2.65. The van der Waals surface area contributed by atoms with Crippen molar-refractivity contribution in [3.05, 3.63) is 71.5 Å². The Hall–Kier alpha value is -2.29. The lowest BCUT2D eigenvalue weighted by Crippen LogP contribution is -2.35. The number of methoxy groups -OCH3 is 1. The molecule has 3 nitrogen and oxygen atoms in total. The number of carbonyl (C=O) groups excluding carboxylic acids is 1. The van der Waals surface area contributed by atoms with Gasteiger partial charge in [0.25, 0.3) is 0 Å². The van der Waals surface area contributed by atoms with Crippen LogP contribution in [-0.4, -0.2) is 19.2 Å². The fraction of sp³-hybridized carbons (Fsp3) is 0.235. The summed E-state index contributed by atoms with van der Waals surface area (Å²) in [4.78, 5) is 12.2. The van der Waals surface area contributed by atoms with Crippen LogP contribution in [0.15, 0.2) is 66.0 Å². The van der Waals surface area contributed by atoms with Crippen LogP contribution < -0.4 is 0 Å². The average Bonchev–Trinajstić information content (AvgIpc) is 2.49. The largest absolute Gasteiger partial charge is 0.500 e. The van der Waals surface area contributed by atoms with Crippen molar-refractivity contribution in [2.45, 2.75) is 12.5 Å². The molecule has 2 atom stereocenters. The summed E-state index contributed by atoms with van der Waals surface area (Å²) in [6.07, 6.45) is 8.04. The van der Waals surface area contributed by atoms with Crippen LogP contribution in [-0.2, 0) is 20.7 Å². The van der Waals surface area contributed by atoms with Crippen LogP contribution in [0.4, 0.5) is 0 Å². The monoisotopic (exact) mass is 268 g/mol. The van der Waals surface area contributed by atoms with E-state index in [1.807, 2.05) is 54.6 Å². The summed E-state index contributed by atoms with van der Waals surface area (Å²) in [5.41, 5.74) is 1.68. The van der Waals surface area contributed by atoms with Gasteiger partial charge in [0.2, 0.25) is 0 Å². The average molecular weight is 268 g/mol. The first-order valence-electron chi connectivity index (χ1n) is 6.66. The Kier molecular flexibility index (Phi) is 3.42. The smallest absolute Gasteiger partial charge is 0.338 e. The first-order chi connectivity index (χ1) is 9.79. The standard InChI is InChI=1S/C17H16O3/c1-19-16-13-9-5-6-10-15(13)20-17(18)14(16)11-12-7-3-2-4-8-12/h2-10,13,15H,11H2,1H3/t13-,15-/m1/s1. The third-order valence-corrected chi connectivity index (χ3v) is 3.62. The topological polar surface area (TPSA) is 35.5 Å². The second-order valence-electron chi connectivity index (χ2n) is 4.87. The molecule has 0 amide bonds. The van der Waals surface area contributed by atoms with Gasteiger partial charge in [-0.25, -0.2) is 4.79 Å². The molecule has 1 aromatic carbocycles. The number of esters is 1. The molecule has 1 aliphatic heterocycles. The predicted molar refractivity (Wildman–Crippen MR) is 75.8 cm³/mol. The minimum absolute atomic E-state index is 0.0126. The zero-order valence-corrected chi connectivity index (χ0v) is 11.3. The Bertz CT molecular complexity index is 596. The van der Waals surface area contributed by atoms with Gasteiger partial charge < -0.3 is 9.47 Å². The van der Waals surface area contributed by atoms with Crippen molar-refractivity contribution in [1.29, 1.82) is 0 Å². The highest BCUT2D eigenvalue weighted by molar-refractivity contribution is 5.91. The molecule has 0 bridgehead atoms. The van der Waals surface area contributed by atoms with E-state index in [-0.39, 0.29) is 18.0 Å². The van der Waals surface area contributed by atoms with E-state index in [4.69, 9.17) is 9.47 Å². The summed E-state index contributed by atoms with van der Waals surface area (Å²) in [5.74, 6) is 0.420. The lowest BCUT2D eigenvalue weighted by Gasteiger charge is -2.32. The van der Waals surface area contributed by atoms with Crippen molar-refractivity contribution < 1.29 is 14.3 Å². The maximum absolute atomic E-state index is 12.2. The minimum Gasteiger partial charge on any atom is -0.500 e. The summed E-state index contributed by atoms with van der Waals surface area (Å²) < 4.78 is 11.0. The molecule has 20 heavy (non-hydrogen) atoms. The Morgan fingerprint density at radius 3 is 2.65 bits per heavy atom. The SMILES string of the molecule is COC1=C(Cc2ccccc2)C(=O)O[C@@H]2C=CC=C[C@@H]12. The normalized spacial score (nSPS) is 24.4. The van der Waals surface area contributed by atoms with Gasteiger partial charge in [0.1, 0.15) is 11.9 Å². The molecule has 0 spiro atoms. The summed E-state index contributed by atoms with van der Waals surface area (Å²) in [5, 5.41) is 0. The Balaban J connectivity index is 1.97. The van der Waals surface area contributed by atoms with Crippen LogP contribution in [0.25, 0.3) is 0 Å². The second-order valence-corrected chi connectivity index (χ2v) is 4.87. The molecule has 0 unspecified atom stereocenters. The van der Waals surface area contributed by atoms with Gasteiger partial charge in [0, 0.05) is 6.42 Å². The van der Waals surface area contributed by atoms with E-state index in [0.717, 1.165) is 11.3 Å². The second kappa shape index (κ2) is 5.37. The van der Waals surface area contributed by atoms with Gasteiger partial charge in [-0.05, 0) is 11.6 Å². The minimum atomic E-state index is -0.285. The highest BCUT2D eigenvalue weighted by atomic mass is 16.6. The maximum Gasteiger partial charge on any atom is 0.338 e. The highest BCUT2D eigenvalue weighted by Crippen LogP contribution is 2.33. The summed E-state index contributed by atoms with van der Waals surface area (Å²) in [6.45, 7) is 0. The van der Waals surface area contributed by atoms with Gasteiger partial charge in [0.15, 0.2) is 0 Å². The Morgan fingerprint density at radius 1 is 1.15 bits per heavy atom. The molecule has 3 rings (SSSR count). The summed E-state index contributed by atoms with van der Waals surface area (Å²) in [6, 6.07) is 9.87. The molecule has 0 aromatic heterocycles. The first-order valence-corrected chi connectivity index (χ1v) is 6.66. The van der Waals surface area contributed by atoms with Crippen molar-refractivity contribution in [3.8, 4) is 0 Å². The number of rotatable bonds is 3. The number of ether oxygens (including phenoxy) is 2. The van der Waals surface area contributed by atoms with Crippen LogP contribution >= 0.6 is 0 Å². The lowest BCUT2D eigenvalue weighted by atomic mass is 9.88. The molecule has 0 saturated heterocycles. The third-order valence-electron chi connectivity index (χ3n) is 3.62. The molecule has 1 aliphatic carbocycles. The van der Waals surface area contributed by atoms with Gasteiger partial charge >= 0.3 is 5.97 Å². The molecule has 0 saturated carbocycles. The van der Waals surface area contributed by atoms with E-state index in [1.165, 1.54) is 0 Å². The molecule has 102 valence electrons. The van der Waals surface area contributed by atoms with Crippen LogP contribution in [0.3, 0.4) is 0 Å². The number of fused-ring (bicyclic) bond motifs is 1. The third kappa shape index (κ3) is 2.27. The molecular formula is C17H16O3. The predicted octanol–water partition coefficient (Wildman–Crippen LogP) is 2.80. The van der Waals surface area contributed by atoms with Crippen molar-refractivity contribution in [3.63, 3.8) is 0 Å². The highest BCUT2D eigenvalue weighted by Gasteiger charge is 2.36. The van der Waals surface area contributed by atoms with Crippen LogP contribution in [0.5, 0.6) is 0 Å². The molecular weight excluding hydrogens is 252 g/mol. The van der Waals surface area contributed by atoms with E-state index < -0.39 is 0 Å². The van der Waals surface area contributed by atoms with E-state index in [9.17, 15) is 4.79 Å². The van der Waals surface area contributed by atoms with E-state index in [2.05, 4.69) is 0 Å². The van der Waals surface area contributed by atoms with Gasteiger partial charge in [-0.3, -0.25) is 0 Å². The van der Waals surface area contributed by atoms with Crippen molar-refractivity contribution in [2.24, 2.45) is 5.92 Å². The van der Waals surface area contributed by atoms with Crippen LogP contribution in [0.1, 0.15) is 5.56 Å². The van der Waals surface area contributed by atoms with Crippen LogP contribution in [0, 0.1) is 5.92 Å². The van der Waals surface area contributed by atoms with E-state index in [1.54, 1.807) is 7.11 Å². The van der Waals surface area contributed by atoms with Gasteiger partial charge in [0.05, 0.1) is 18.6 Å². The number of hydrogen-bond acceptors (Lipinski definition) is 3. The number of benzene rings is 1. The summed E-state index contributed by atoms with van der Waals surface area (Å²) in [7, 11) is 1.61. The zero-order chi connectivity index (χ0) is 13.9. The van der Waals surface area contributed by atoms with Crippen molar-refractivity contribution in [2.75, 3.05) is 7.11 Å². The van der Waals surface area contributed by atoms with E-state index in [0.29, 0.717) is 12.0 Å².